The van der Waals surface area contributed by atoms with Crippen LogP contribution < -0.4 is 10.6 Å². The molecule has 18 heavy (non-hydrogen) atoms. The molecule has 0 bridgehead atoms. The van der Waals surface area contributed by atoms with Gasteiger partial charge in [0.15, 0.2) is 0 Å². The van der Waals surface area contributed by atoms with Gasteiger partial charge in [0.05, 0.1) is 12.8 Å². The molecule has 1 unspecified atom stereocenters. The van der Waals surface area contributed by atoms with Gasteiger partial charge in [0.25, 0.3) is 0 Å². The van der Waals surface area contributed by atoms with Gasteiger partial charge in [-0.15, -0.1) is 0 Å². The zero-order valence-electron chi connectivity index (χ0n) is 9.63. The molecule has 0 fully saturated rings. The van der Waals surface area contributed by atoms with E-state index in [2.05, 4.69) is 10.6 Å². The Hall–Kier alpha value is -1.79. The lowest BCUT2D eigenvalue weighted by atomic mass is 10.3. The number of carbonyl (C=O) groups excluding carboxylic acids is 1. The molecule has 2 heterocycles. The van der Waals surface area contributed by atoms with Crippen LogP contribution in [-0.4, -0.2) is 17.7 Å². The average Bonchev–Trinajstić information content (AvgIpc) is 3.05. The summed E-state index contributed by atoms with van der Waals surface area (Å²) in [5.74, 6) is 0.438. The van der Waals surface area contributed by atoms with Crippen molar-refractivity contribution in [2.24, 2.45) is 0 Å². The van der Waals surface area contributed by atoms with E-state index in [0.29, 0.717) is 12.3 Å². The molecule has 0 aliphatic rings. The highest BCUT2D eigenvalue weighted by atomic mass is 32.1. The summed E-state index contributed by atoms with van der Waals surface area (Å²) in [4.78, 5) is 11.5. The van der Waals surface area contributed by atoms with E-state index in [1.165, 1.54) is 6.26 Å². The molecule has 0 radical (unpaired) electrons. The summed E-state index contributed by atoms with van der Waals surface area (Å²) < 4.78 is 5.03. The zero-order valence-corrected chi connectivity index (χ0v) is 10.4. The number of carbonyl (C=O) groups is 1. The van der Waals surface area contributed by atoms with Crippen LogP contribution >= 0.6 is 11.3 Å². The summed E-state index contributed by atoms with van der Waals surface area (Å²) in [6.07, 6.45) is 0.654. The molecule has 0 saturated carbocycles. The van der Waals surface area contributed by atoms with Crippen molar-refractivity contribution >= 4 is 17.4 Å². The Labute approximate surface area is 108 Å². The maximum atomic E-state index is 11.5. The number of thiophene rings is 1. The normalized spacial score (nSPS) is 12.1. The number of amides is 2. The summed E-state index contributed by atoms with van der Waals surface area (Å²) in [5.41, 5.74) is 1.06. The summed E-state index contributed by atoms with van der Waals surface area (Å²) in [7, 11) is 0. The fourth-order valence-electron chi connectivity index (χ4n) is 1.41. The number of hydrogen-bond acceptors (Lipinski definition) is 4. The highest BCUT2D eigenvalue weighted by Crippen LogP contribution is 2.11. The number of aliphatic hydroxyl groups excluding tert-OH is 1. The molecule has 2 rings (SSSR count). The first kappa shape index (κ1) is 12.7. The van der Waals surface area contributed by atoms with Crippen molar-refractivity contribution in [3.05, 3.63) is 46.5 Å². The second kappa shape index (κ2) is 6.23. The number of urea groups is 1. The molecule has 0 spiro atoms. The second-order valence-electron chi connectivity index (χ2n) is 3.73. The van der Waals surface area contributed by atoms with Crippen molar-refractivity contribution in [1.82, 2.24) is 10.6 Å². The average molecular weight is 266 g/mol. The standard InChI is InChI=1S/C12H14N2O3S/c15-10(11-2-1-4-17-11)7-14-12(16)13-6-9-3-5-18-8-9/h1-5,8,10,15H,6-7H2,(H2,13,14,16). The van der Waals surface area contributed by atoms with E-state index in [1.807, 2.05) is 16.8 Å². The molecule has 5 nitrogen and oxygen atoms in total. The molecule has 0 aliphatic carbocycles. The van der Waals surface area contributed by atoms with E-state index in [-0.39, 0.29) is 12.6 Å². The minimum absolute atomic E-state index is 0.114. The first-order valence-electron chi connectivity index (χ1n) is 5.50. The lowest BCUT2D eigenvalue weighted by Gasteiger charge is -2.10. The highest BCUT2D eigenvalue weighted by molar-refractivity contribution is 7.07. The monoisotopic (exact) mass is 266 g/mol. The third-order valence-corrected chi connectivity index (χ3v) is 3.09. The third-order valence-electron chi connectivity index (χ3n) is 2.36. The summed E-state index contributed by atoms with van der Waals surface area (Å²) in [6.45, 7) is 0.592. The number of aliphatic hydroxyl groups is 1. The first-order valence-corrected chi connectivity index (χ1v) is 6.44. The summed E-state index contributed by atoms with van der Waals surface area (Å²) in [6, 6.07) is 4.99. The largest absolute Gasteiger partial charge is 0.467 e. The fraction of sp³-hybridized carbons (Fsp3) is 0.250. The van der Waals surface area contributed by atoms with Gasteiger partial charge in [-0.3, -0.25) is 0 Å². The van der Waals surface area contributed by atoms with Crippen LogP contribution in [0.3, 0.4) is 0 Å². The van der Waals surface area contributed by atoms with Crippen molar-refractivity contribution in [3.8, 4) is 0 Å². The van der Waals surface area contributed by atoms with E-state index in [1.54, 1.807) is 23.5 Å². The van der Waals surface area contributed by atoms with Gasteiger partial charge in [-0.1, -0.05) is 0 Å². The van der Waals surface area contributed by atoms with Crippen LogP contribution in [0.25, 0.3) is 0 Å². The van der Waals surface area contributed by atoms with Gasteiger partial charge in [0.1, 0.15) is 11.9 Å². The SMILES string of the molecule is O=C(NCc1ccsc1)NCC(O)c1ccco1. The fourth-order valence-corrected chi connectivity index (χ4v) is 2.08. The predicted octanol–water partition coefficient (Wildman–Crippen LogP) is 1.87. The van der Waals surface area contributed by atoms with Gasteiger partial charge < -0.3 is 20.2 Å². The minimum Gasteiger partial charge on any atom is -0.467 e. The Morgan fingerprint density at radius 2 is 2.33 bits per heavy atom. The van der Waals surface area contributed by atoms with Gasteiger partial charge in [-0.25, -0.2) is 4.79 Å². The Morgan fingerprint density at radius 1 is 1.44 bits per heavy atom. The second-order valence-corrected chi connectivity index (χ2v) is 4.51. The Kier molecular flexibility index (Phi) is 4.38. The molecule has 2 aromatic rings. The minimum atomic E-state index is -0.827. The maximum absolute atomic E-state index is 11.5. The quantitative estimate of drug-likeness (QED) is 0.773. The van der Waals surface area contributed by atoms with Crippen LogP contribution in [0, 0.1) is 0 Å². The van der Waals surface area contributed by atoms with E-state index < -0.39 is 6.10 Å². The molecular formula is C12H14N2O3S. The molecule has 1 atom stereocenters. The zero-order chi connectivity index (χ0) is 12.8. The van der Waals surface area contributed by atoms with Crippen LogP contribution in [0.15, 0.2) is 39.6 Å². The van der Waals surface area contributed by atoms with E-state index >= 15 is 0 Å². The number of hydrogen-bond donors (Lipinski definition) is 3. The van der Waals surface area contributed by atoms with Crippen molar-refractivity contribution in [2.45, 2.75) is 12.6 Å². The molecule has 6 heteroatoms. The van der Waals surface area contributed by atoms with Gasteiger partial charge in [-0.05, 0) is 34.5 Å². The van der Waals surface area contributed by atoms with Crippen LogP contribution in [0.2, 0.25) is 0 Å². The molecule has 0 aromatic carbocycles. The van der Waals surface area contributed by atoms with Gasteiger partial charge in [0, 0.05) is 6.54 Å². The van der Waals surface area contributed by atoms with Gasteiger partial charge in [0.2, 0.25) is 0 Å². The van der Waals surface area contributed by atoms with Crippen molar-refractivity contribution in [3.63, 3.8) is 0 Å². The Balaban J connectivity index is 1.68. The van der Waals surface area contributed by atoms with Gasteiger partial charge >= 0.3 is 6.03 Å². The number of furan rings is 1. The molecule has 0 aliphatic heterocycles. The van der Waals surface area contributed by atoms with E-state index in [4.69, 9.17) is 4.42 Å². The van der Waals surface area contributed by atoms with Crippen LogP contribution in [-0.2, 0) is 6.54 Å². The number of rotatable bonds is 5. The highest BCUT2D eigenvalue weighted by Gasteiger charge is 2.11. The van der Waals surface area contributed by atoms with Gasteiger partial charge in [-0.2, -0.15) is 11.3 Å². The van der Waals surface area contributed by atoms with Crippen LogP contribution in [0.4, 0.5) is 4.79 Å². The molecule has 3 N–H and O–H groups in total. The van der Waals surface area contributed by atoms with Crippen molar-refractivity contribution in [2.75, 3.05) is 6.54 Å². The lowest BCUT2D eigenvalue weighted by Crippen LogP contribution is -2.37. The number of nitrogens with one attached hydrogen (secondary N) is 2. The van der Waals surface area contributed by atoms with Crippen LogP contribution in [0.1, 0.15) is 17.4 Å². The summed E-state index contributed by atoms with van der Waals surface area (Å²) in [5, 5.41) is 18.9. The van der Waals surface area contributed by atoms with E-state index in [0.717, 1.165) is 5.56 Å². The van der Waals surface area contributed by atoms with Crippen LogP contribution in [0.5, 0.6) is 0 Å². The topological polar surface area (TPSA) is 74.5 Å². The van der Waals surface area contributed by atoms with E-state index in [9.17, 15) is 9.90 Å². The first-order chi connectivity index (χ1) is 8.75. The Morgan fingerprint density at radius 3 is 3.00 bits per heavy atom. The van der Waals surface area contributed by atoms with Crippen molar-refractivity contribution in [1.29, 1.82) is 0 Å². The molecule has 2 aromatic heterocycles. The van der Waals surface area contributed by atoms with Crippen molar-refractivity contribution < 1.29 is 14.3 Å². The maximum Gasteiger partial charge on any atom is 0.315 e. The lowest BCUT2D eigenvalue weighted by molar-refractivity contribution is 0.148. The third kappa shape index (κ3) is 3.61. The Bertz CT molecular complexity index is 467. The molecule has 0 saturated heterocycles. The molecular weight excluding hydrogens is 252 g/mol. The molecule has 96 valence electrons. The molecule has 2 amide bonds. The smallest absolute Gasteiger partial charge is 0.315 e. The predicted molar refractivity (Wildman–Crippen MR) is 68.2 cm³/mol. The summed E-state index contributed by atoms with van der Waals surface area (Å²) >= 11 is 1.58.